The van der Waals surface area contributed by atoms with Crippen LogP contribution in [-0.4, -0.2) is 40.5 Å². The molecule has 2 N–H and O–H groups in total. The van der Waals surface area contributed by atoms with Gasteiger partial charge in [-0.1, -0.05) is 49.6 Å². The van der Waals surface area contributed by atoms with Crippen molar-refractivity contribution in [2.45, 2.75) is 88.8 Å². The molecule has 3 fully saturated rings. The van der Waals surface area contributed by atoms with E-state index in [1.807, 2.05) is 6.07 Å². The van der Waals surface area contributed by atoms with Crippen LogP contribution in [-0.2, 0) is 16.1 Å². The van der Waals surface area contributed by atoms with Gasteiger partial charge in [0.1, 0.15) is 0 Å². The minimum Gasteiger partial charge on any atom is -0.483 e. The second-order valence-corrected chi connectivity index (χ2v) is 8.98. The normalized spacial score (nSPS) is 27.5. The number of likely N-dealkylation sites (tertiary alicyclic amines) is 1. The van der Waals surface area contributed by atoms with Crippen molar-refractivity contribution in [1.29, 1.82) is 0 Å². The molecule has 29 heavy (non-hydrogen) atoms. The number of hydrogen-bond acceptors (Lipinski definition) is 3. The number of nitrogens with one attached hydrogen (secondary N) is 1. The minimum absolute atomic E-state index is 0.135. The molecule has 5 nitrogen and oxygen atoms in total. The molecule has 5 heteroatoms. The summed E-state index contributed by atoms with van der Waals surface area (Å²) in [6.45, 7) is 1.75. The number of benzene rings is 1. The van der Waals surface area contributed by atoms with Gasteiger partial charge in [-0.25, -0.2) is 0 Å². The van der Waals surface area contributed by atoms with E-state index in [1.165, 1.54) is 69.9 Å². The molecule has 1 spiro atoms. The van der Waals surface area contributed by atoms with Crippen LogP contribution in [0, 0.1) is 5.92 Å². The third-order valence-corrected chi connectivity index (χ3v) is 7.20. The first-order valence-corrected chi connectivity index (χ1v) is 11.3. The summed E-state index contributed by atoms with van der Waals surface area (Å²) in [4.78, 5) is 23.2. The predicted octanol–water partition coefficient (Wildman–Crippen LogP) is 4.36. The van der Waals surface area contributed by atoms with Crippen LogP contribution in [0.4, 0.5) is 0 Å². The van der Waals surface area contributed by atoms with Gasteiger partial charge in [0.05, 0.1) is 0 Å². The van der Waals surface area contributed by atoms with Gasteiger partial charge in [0.25, 0.3) is 6.47 Å². The zero-order valence-corrected chi connectivity index (χ0v) is 17.5. The molecule has 0 unspecified atom stereocenters. The summed E-state index contributed by atoms with van der Waals surface area (Å²) < 4.78 is 0. The van der Waals surface area contributed by atoms with Crippen molar-refractivity contribution in [1.82, 2.24) is 10.2 Å². The Hall–Kier alpha value is -1.88. The number of carboxylic acid groups (broad SMARTS) is 1. The molecule has 4 rings (SSSR count). The zero-order valence-electron chi connectivity index (χ0n) is 17.5. The average Bonchev–Trinajstić information content (AvgIpc) is 3.05. The van der Waals surface area contributed by atoms with E-state index in [9.17, 15) is 4.79 Å². The first-order chi connectivity index (χ1) is 14.2. The fourth-order valence-electron chi connectivity index (χ4n) is 5.50. The van der Waals surface area contributed by atoms with Crippen molar-refractivity contribution in [2.75, 3.05) is 6.54 Å². The lowest BCUT2D eigenvalue weighted by Gasteiger charge is -2.44. The number of amides is 1. The Bertz CT molecular complexity index is 635. The third-order valence-electron chi connectivity index (χ3n) is 7.20. The van der Waals surface area contributed by atoms with Crippen LogP contribution in [0.15, 0.2) is 30.3 Å². The van der Waals surface area contributed by atoms with E-state index in [-0.39, 0.29) is 12.0 Å². The molecule has 2 aliphatic carbocycles. The maximum atomic E-state index is 12.6. The first kappa shape index (κ1) is 21.8. The smallest absolute Gasteiger partial charge is 0.290 e. The lowest BCUT2D eigenvalue weighted by atomic mass is 9.77. The number of nitrogens with zero attached hydrogens (tertiary/aromatic N) is 1. The van der Waals surface area contributed by atoms with Gasteiger partial charge in [0.15, 0.2) is 0 Å². The van der Waals surface area contributed by atoms with Crippen LogP contribution >= 0.6 is 0 Å². The fraction of sp³-hybridized carbons (Fsp3) is 0.667. The van der Waals surface area contributed by atoms with Crippen LogP contribution in [0.1, 0.15) is 76.2 Å². The Balaban J connectivity index is 0.000000755. The van der Waals surface area contributed by atoms with Gasteiger partial charge in [0.2, 0.25) is 5.91 Å². The standard InChI is InChI=1S/C23H34N2O.CH2O2/c26-22-13-16-23(25(22)18-20-9-5-2-6-10-20)14-11-21(12-15-23)24-17-19-7-3-1-4-8-19;2-1-3/h2,5-6,9-10,19,21,24H,1,3-4,7-8,11-18H2;1H,(H,2,3). The van der Waals surface area contributed by atoms with Crippen molar-refractivity contribution >= 4 is 12.4 Å². The molecule has 1 aliphatic heterocycles. The quantitative estimate of drug-likeness (QED) is 0.721. The summed E-state index contributed by atoms with van der Waals surface area (Å²) in [7, 11) is 0. The molecule has 1 aromatic carbocycles. The molecular formula is C24H36N2O3. The average molecular weight is 401 g/mol. The highest BCUT2D eigenvalue weighted by atomic mass is 16.3. The fourth-order valence-corrected chi connectivity index (χ4v) is 5.50. The molecule has 2 saturated carbocycles. The lowest BCUT2D eigenvalue weighted by Crippen LogP contribution is -2.50. The Labute approximate surface area is 174 Å². The molecule has 160 valence electrons. The number of carbonyl (C=O) groups is 2. The summed E-state index contributed by atoms with van der Waals surface area (Å²) in [6.07, 6.45) is 13.7. The second kappa shape index (κ2) is 10.8. The van der Waals surface area contributed by atoms with E-state index in [4.69, 9.17) is 9.90 Å². The van der Waals surface area contributed by atoms with E-state index in [2.05, 4.69) is 34.5 Å². The number of rotatable bonds is 5. The second-order valence-electron chi connectivity index (χ2n) is 8.98. The molecule has 0 bridgehead atoms. The van der Waals surface area contributed by atoms with Crippen LogP contribution in [0.25, 0.3) is 0 Å². The van der Waals surface area contributed by atoms with E-state index >= 15 is 0 Å². The third kappa shape index (κ3) is 5.81. The molecule has 3 aliphatic rings. The molecule has 0 atom stereocenters. The molecule has 0 aromatic heterocycles. The Morgan fingerprint density at radius 2 is 1.69 bits per heavy atom. The van der Waals surface area contributed by atoms with Gasteiger partial charge >= 0.3 is 0 Å². The van der Waals surface area contributed by atoms with E-state index in [0.717, 1.165) is 25.3 Å². The van der Waals surface area contributed by atoms with Crippen molar-refractivity contribution in [3.05, 3.63) is 35.9 Å². The minimum atomic E-state index is -0.250. The Morgan fingerprint density at radius 1 is 1.03 bits per heavy atom. The van der Waals surface area contributed by atoms with Crippen molar-refractivity contribution < 1.29 is 14.7 Å². The van der Waals surface area contributed by atoms with E-state index in [1.54, 1.807) is 0 Å². The Morgan fingerprint density at radius 3 is 2.34 bits per heavy atom. The monoisotopic (exact) mass is 400 g/mol. The Kier molecular flexibility index (Phi) is 8.10. The van der Waals surface area contributed by atoms with Gasteiger partial charge in [-0.2, -0.15) is 0 Å². The molecule has 1 saturated heterocycles. The summed E-state index contributed by atoms with van der Waals surface area (Å²) in [5.41, 5.74) is 1.40. The number of hydrogen-bond donors (Lipinski definition) is 2. The SMILES string of the molecule is O=C1CCC2(CCC(NCC3CCCCC3)CC2)N1Cc1ccccc1.O=CO. The molecular weight excluding hydrogens is 364 g/mol. The maximum absolute atomic E-state index is 12.6. The largest absolute Gasteiger partial charge is 0.483 e. The van der Waals surface area contributed by atoms with Crippen molar-refractivity contribution in [2.24, 2.45) is 5.92 Å². The summed E-state index contributed by atoms with van der Waals surface area (Å²) >= 11 is 0. The maximum Gasteiger partial charge on any atom is 0.290 e. The van der Waals surface area contributed by atoms with Crippen molar-refractivity contribution in [3.63, 3.8) is 0 Å². The number of carbonyl (C=O) groups excluding carboxylic acids is 1. The first-order valence-electron chi connectivity index (χ1n) is 11.3. The highest BCUT2D eigenvalue weighted by molar-refractivity contribution is 5.79. The molecule has 1 heterocycles. The lowest BCUT2D eigenvalue weighted by molar-refractivity contribution is -0.133. The summed E-state index contributed by atoms with van der Waals surface area (Å²) in [6, 6.07) is 11.2. The highest BCUT2D eigenvalue weighted by Gasteiger charge is 2.46. The van der Waals surface area contributed by atoms with Gasteiger partial charge < -0.3 is 15.3 Å². The van der Waals surface area contributed by atoms with Gasteiger partial charge in [-0.15, -0.1) is 0 Å². The van der Waals surface area contributed by atoms with E-state index < -0.39 is 0 Å². The zero-order chi connectivity index (χ0) is 20.5. The van der Waals surface area contributed by atoms with Crippen LogP contribution in [0.5, 0.6) is 0 Å². The summed E-state index contributed by atoms with van der Waals surface area (Å²) in [5.74, 6) is 1.27. The van der Waals surface area contributed by atoms with Crippen LogP contribution < -0.4 is 5.32 Å². The molecule has 1 amide bonds. The molecule has 0 radical (unpaired) electrons. The van der Waals surface area contributed by atoms with E-state index in [0.29, 0.717) is 11.9 Å². The van der Waals surface area contributed by atoms with Gasteiger partial charge in [-0.05, 0) is 63.0 Å². The molecule has 1 aromatic rings. The highest BCUT2D eigenvalue weighted by Crippen LogP contribution is 2.43. The van der Waals surface area contributed by atoms with Gasteiger partial charge in [-0.3, -0.25) is 9.59 Å². The van der Waals surface area contributed by atoms with Crippen LogP contribution in [0.2, 0.25) is 0 Å². The topological polar surface area (TPSA) is 69.6 Å². The van der Waals surface area contributed by atoms with Crippen molar-refractivity contribution in [3.8, 4) is 0 Å². The van der Waals surface area contributed by atoms with Crippen LogP contribution in [0.3, 0.4) is 0 Å². The van der Waals surface area contributed by atoms with Gasteiger partial charge in [0, 0.05) is 24.5 Å². The predicted molar refractivity (Wildman–Crippen MR) is 114 cm³/mol. The summed E-state index contributed by atoms with van der Waals surface area (Å²) in [5, 5.41) is 10.8.